The maximum absolute atomic E-state index is 14.6. The van der Waals surface area contributed by atoms with Crippen LogP contribution in [0.2, 0.25) is 5.02 Å². The standard InChI is InChI=1S/C34H42ClFN2O3/c1-21(4-2-3-15-39)5-6-22-7-12-26(13-8-22)38-33-27-16-24(25-17-30(35)29(20-40)31(36)18-25)11-14-32(27)37-19-28(33)34(41)23-9-10-23/h11,14,16-19,21-23,26,39-40H,2-10,12-13,15,20H2,1H3,(H,37,38). The maximum Gasteiger partial charge on any atom is 0.169 e. The first-order chi connectivity index (χ1) is 19.9. The first kappa shape index (κ1) is 29.9. The minimum Gasteiger partial charge on any atom is -0.396 e. The Morgan fingerprint density at radius 3 is 2.51 bits per heavy atom. The van der Waals surface area contributed by atoms with Crippen molar-refractivity contribution in [3.05, 3.63) is 58.5 Å². The number of aliphatic hydroxyl groups excluding tert-OH is 2. The van der Waals surface area contributed by atoms with Gasteiger partial charge in [-0.2, -0.15) is 0 Å². The number of nitrogens with zero attached hydrogens (tertiary/aromatic N) is 1. The highest BCUT2D eigenvalue weighted by Crippen LogP contribution is 2.40. The van der Waals surface area contributed by atoms with Gasteiger partial charge in [0.05, 0.1) is 23.4 Å². The predicted octanol–water partition coefficient (Wildman–Crippen LogP) is 8.33. The first-order valence-electron chi connectivity index (χ1n) is 15.3. The summed E-state index contributed by atoms with van der Waals surface area (Å²) in [7, 11) is 0. The van der Waals surface area contributed by atoms with Crippen LogP contribution in [0.4, 0.5) is 10.1 Å². The van der Waals surface area contributed by atoms with Crippen LogP contribution in [0.3, 0.4) is 0 Å². The Hall–Kier alpha value is -2.54. The van der Waals surface area contributed by atoms with E-state index < -0.39 is 12.4 Å². The molecule has 5 nitrogen and oxygen atoms in total. The van der Waals surface area contributed by atoms with Crippen LogP contribution in [0.15, 0.2) is 36.5 Å². The molecule has 0 aliphatic heterocycles. The Labute approximate surface area is 247 Å². The molecule has 2 aliphatic carbocycles. The van der Waals surface area contributed by atoms with E-state index in [2.05, 4.69) is 17.2 Å². The normalized spacial score (nSPS) is 19.8. The Balaban J connectivity index is 1.36. The highest BCUT2D eigenvalue weighted by molar-refractivity contribution is 6.31. The number of rotatable bonds is 13. The van der Waals surface area contributed by atoms with Crippen molar-refractivity contribution >= 4 is 34.0 Å². The van der Waals surface area contributed by atoms with Gasteiger partial charge in [0, 0.05) is 40.7 Å². The number of carbonyl (C=O) groups excluding carboxylic acids is 1. The number of hydrogen-bond donors (Lipinski definition) is 3. The number of fused-ring (bicyclic) bond motifs is 1. The Bertz CT molecular complexity index is 1340. The largest absolute Gasteiger partial charge is 0.396 e. The summed E-state index contributed by atoms with van der Waals surface area (Å²) in [6.45, 7) is 2.16. The highest BCUT2D eigenvalue weighted by atomic mass is 35.5. The Morgan fingerprint density at radius 1 is 1.05 bits per heavy atom. The van der Waals surface area contributed by atoms with E-state index in [1.807, 2.05) is 18.2 Å². The van der Waals surface area contributed by atoms with Gasteiger partial charge in [0.15, 0.2) is 5.78 Å². The second-order valence-corrected chi connectivity index (χ2v) is 12.7. The number of nitrogens with one attached hydrogen (secondary N) is 1. The number of carbonyl (C=O) groups is 1. The van der Waals surface area contributed by atoms with E-state index in [1.54, 1.807) is 12.3 Å². The van der Waals surface area contributed by atoms with Crippen molar-refractivity contribution in [3.63, 3.8) is 0 Å². The molecule has 0 radical (unpaired) electrons. The predicted molar refractivity (Wildman–Crippen MR) is 164 cm³/mol. The smallest absolute Gasteiger partial charge is 0.169 e. The number of halogens is 2. The summed E-state index contributed by atoms with van der Waals surface area (Å²) in [5, 5.41) is 23.3. The quantitative estimate of drug-likeness (QED) is 0.140. The summed E-state index contributed by atoms with van der Waals surface area (Å²) < 4.78 is 14.6. The lowest BCUT2D eigenvalue weighted by Crippen LogP contribution is -2.27. The number of pyridine rings is 1. The lowest BCUT2D eigenvalue weighted by molar-refractivity contribution is 0.0968. The molecule has 220 valence electrons. The van der Waals surface area contributed by atoms with Crippen molar-refractivity contribution in [2.75, 3.05) is 11.9 Å². The van der Waals surface area contributed by atoms with Crippen LogP contribution in [0.1, 0.15) is 93.5 Å². The van der Waals surface area contributed by atoms with E-state index in [4.69, 9.17) is 16.7 Å². The highest BCUT2D eigenvalue weighted by Gasteiger charge is 2.33. The topological polar surface area (TPSA) is 82.5 Å². The molecule has 0 bridgehead atoms. The van der Waals surface area contributed by atoms with E-state index in [0.29, 0.717) is 17.0 Å². The van der Waals surface area contributed by atoms with Crippen LogP contribution in [0.25, 0.3) is 22.0 Å². The fraction of sp³-hybridized carbons (Fsp3) is 0.529. The third-order valence-electron chi connectivity index (χ3n) is 9.08. The fourth-order valence-electron chi connectivity index (χ4n) is 6.27. The van der Waals surface area contributed by atoms with Crippen LogP contribution >= 0.6 is 11.6 Å². The number of benzene rings is 2. The summed E-state index contributed by atoms with van der Waals surface area (Å²) in [6, 6.07) is 9.12. The van der Waals surface area contributed by atoms with Crippen molar-refractivity contribution in [2.45, 2.75) is 90.2 Å². The molecule has 1 unspecified atom stereocenters. The second kappa shape index (κ2) is 13.6. The molecule has 2 aliphatic rings. The van der Waals surface area contributed by atoms with Gasteiger partial charge < -0.3 is 15.5 Å². The number of ketones is 1. The zero-order chi connectivity index (χ0) is 28.9. The summed E-state index contributed by atoms with van der Waals surface area (Å²) in [5.74, 6) is 1.13. The zero-order valence-electron chi connectivity index (χ0n) is 24.0. The van der Waals surface area contributed by atoms with Gasteiger partial charge in [-0.25, -0.2) is 4.39 Å². The van der Waals surface area contributed by atoms with Gasteiger partial charge >= 0.3 is 0 Å². The lowest BCUT2D eigenvalue weighted by atomic mass is 9.81. The number of aromatic nitrogens is 1. The maximum atomic E-state index is 14.6. The van der Waals surface area contributed by atoms with Crippen LogP contribution in [-0.4, -0.2) is 33.6 Å². The van der Waals surface area contributed by atoms with E-state index >= 15 is 0 Å². The Kier molecular flexibility index (Phi) is 9.95. The van der Waals surface area contributed by atoms with E-state index in [9.17, 15) is 14.3 Å². The molecule has 0 amide bonds. The molecule has 3 aromatic rings. The number of unbranched alkanes of at least 4 members (excludes halogenated alkanes) is 1. The van der Waals surface area contributed by atoms with Gasteiger partial charge in [0.25, 0.3) is 0 Å². The number of aliphatic hydroxyl groups is 2. The van der Waals surface area contributed by atoms with Crippen LogP contribution < -0.4 is 5.32 Å². The van der Waals surface area contributed by atoms with E-state index in [1.165, 1.54) is 38.2 Å². The minimum absolute atomic E-state index is 0.0759. The van der Waals surface area contributed by atoms with E-state index in [-0.39, 0.29) is 34.9 Å². The molecule has 41 heavy (non-hydrogen) atoms. The van der Waals surface area contributed by atoms with Crippen molar-refractivity contribution in [1.29, 1.82) is 0 Å². The SMILES string of the molecule is CC(CCCCO)CCC1CCC(Nc2c(C(=O)C3CC3)cnc3ccc(-c4cc(F)c(CO)c(Cl)c4)cc23)CC1. The average molecular weight is 581 g/mol. The molecule has 1 heterocycles. The van der Waals surface area contributed by atoms with Crippen molar-refractivity contribution in [1.82, 2.24) is 4.98 Å². The van der Waals surface area contributed by atoms with Gasteiger partial charge in [-0.3, -0.25) is 9.78 Å². The molecule has 2 fully saturated rings. The molecule has 0 saturated heterocycles. The average Bonchev–Trinajstić information content (AvgIpc) is 3.82. The van der Waals surface area contributed by atoms with Crippen molar-refractivity contribution in [2.24, 2.45) is 17.8 Å². The molecule has 2 aromatic carbocycles. The Morgan fingerprint density at radius 2 is 1.83 bits per heavy atom. The molecule has 7 heteroatoms. The summed E-state index contributed by atoms with van der Waals surface area (Å²) >= 11 is 6.27. The molecule has 1 atom stereocenters. The molecule has 2 saturated carbocycles. The van der Waals surface area contributed by atoms with Crippen LogP contribution in [0, 0.1) is 23.6 Å². The third-order valence-corrected chi connectivity index (χ3v) is 9.42. The summed E-state index contributed by atoms with van der Waals surface area (Å²) in [4.78, 5) is 18.0. The second-order valence-electron chi connectivity index (χ2n) is 12.3. The van der Waals surface area contributed by atoms with E-state index in [0.717, 1.165) is 66.6 Å². The van der Waals surface area contributed by atoms with Gasteiger partial charge in [0.2, 0.25) is 0 Å². The van der Waals surface area contributed by atoms with Crippen molar-refractivity contribution in [3.8, 4) is 11.1 Å². The molecule has 5 rings (SSSR count). The molecular formula is C34H42ClFN2O3. The molecule has 0 spiro atoms. The number of anilines is 1. The first-order valence-corrected chi connectivity index (χ1v) is 15.7. The van der Waals surface area contributed by atoms with Gasteiger partial charge in [-0.05, 0) is 92.2 Å². The molecular weight excluding hydrogens is 539 g/mol. The summed E-state index contributed by atoms with van der Waals surface area (Å²) in [6.07, 6.45) is 13.8. The molecule has 1 aromatic heterocycles. The summed E-state index contributed by atoms with van der Waals surface area (Å²) in [5.41, 5.74) is 3.75. The number of Topliss-reactive ketones (excluding diaryl/α,β-unsaturated/α-hetero) is 1. The minimum atomic E-state index is -0.541. The van der Waals surface area contributed by atoms with Crippen LogP contribution in [0.5, 0.6) is 0 Å². The monoisotopic (exact) mass is 580 g/mol. The molecule has 3 N–H and O–H groups in total. The van der Waals surface area contributed by atoms with Gasteiger partial charge in [0.1, 0.15) is 5.82 Å². The zero-order valence-corrected chi connectivity index (χ0v) is 24.7. The fourth-order valence-corrected chi connectivity index (χ4v) is 6.54. The van der Waals surface area contributed by atoms with Gasteiger partial charge in [-0.1, -0.05) is 50.3 Å². The lowest BCUT2D eigenvalue weighted by Gasteiger charge is -2.31. The van der Waals surface area contributed by atoms with Gasteiger partial charge in [-0.15, -0.1) is 0 Å². The van der Waals surface area contributed by atoms with Crippen molar-refractivity contribution < 1.29 is 19.4 Å². The third kappa shape index (κ3) is 7.28. The number of hydrogen-bond acceptors (Lipinski definition) is 5. The van der Waals surface area contributed by atoms with Crippen LogP contribution in [-0.2, 0) is 6.61 Å².